The van der Waals surface area contributed by atoms with E-state index in [1.54, 1.807) is 0 Å². The lowest BCUT2D eigenvalue weighted by atomic mass is 10.1. The molecule has 2 heterocycles. The molecule has 3 rings (SSSR count). The van der Waals surface area contributed by atoms with Crippen LogP contribution in [0.5, 0.6) is 0 Å². The Hall–Kier alpha value is -2.63. The van der Waals surface area contributed by atoms with Crippen LogP contribution in [-0.2, 0) is 20.9 Å². The summed E-state index contributed by atoms with van der Waals surface area (Å²) in [6.07, 6.45) is -0.651. The highest BCUT2D eigenvalue weighted by Gasteiger charge is 2.39. The Morgan fingerprint density at radius 1 is 1.30 bits per heavy atom. The number of imide groups is 1. The zero-order chi connectivity index (χ0) is 21.7. The van der Waals surface area contributed by atoms with E-state index in [0.29, 0.717) is 13.0 Å². The van der Waals surface area contributed by atoms with Crippen LogP contribution in [0, 0.1) is 0 Å². The first-order valence-electron chi connectivity index (χ1n) is 9.62. The van der Waals surface area contributed by atoms with Crippen molar-refractivity contribution in [2.45, 2.75) is 42.9 Å². The first-order chi connectivity index (χ1) is 14.3. The average molecular weight is 436 g/mol. The Bertz CT molecular complexity index is 808. The topological polar surface area (TPSA) is 154 Å². The number of thioether (sulfide) groups is 1. The molecule has 2 saturated heterocycles. The number of carbonyl (C=O) groups is 4. The van der Waals surface area contributed by atoms with Crippen LogP contribution in [0.15, 0.2) is 30.3 Å². The smallest absolute Gasteiger partial charge is 0.315 e. The van der Waals surface area contributed by atoms with Crippen LogP contribution in [0.2, 0.25) is 0 Å². The number of nitrogens with two attached hydrogens (primary N) is 1. The third-order valence-corrected chi connectivity index (χ3v) is 6.30. The predicted octanol–water partition coefficient (Wildman–Crippen LogP) is -1.12. The van der Waals surface area contributed by atoms with Gasteiger partial charge >= 0.3 is 6.03 Å². The molecule has 0 aliphatic carbocycles. The van der Waals surface area contributed by atoms with Crippen molar-refractivity contribution in [3.63, 3.8) is 0 Å². The largest absolute Gasteiger partial charge is 0.376 e. The summed E-state index contributed by atoms with van der Waals surface area (Å²) >= 11 is 1.15. The van der Waals surface area contributed by atoms with Crippen molar-refractivity contribution >= 4 is 35.5 Å². The molecule has 10 nitrogen and oxygen atoms in total. The molecule has 4 atom stereocenters. The van der Waals surface area contributed by atoms with E-state index in [2.05, 4.69) is 16.0 Å². The lowest BCUT2D eigenvalue weighted by molar-refractivity contribution is -0.139. The van der Waals surface area contributed by atoms with E-state index in [0.717, 1.165) is 17.3 Å². The predicted molar refractivity (Wildman–Crippen MR) is 110 cm³/mol. The highest BCUT2D eigenvalue weighted by molar-refractivity contribution is 8.00. The third-order valence-electron chi connectivity index (χ3n) is 5.00. The number of nitrogens with one attached hydrogen (secondary N) is 3. The van der Waals surface area contributed by atoms with Gasteiger partial charge in [0.2, 0.25) is 17.7 Å². The standard InChI is InChI=1S/C19H25N5O5S/c20-16(26)13(22-17(27)12-6-7-21-19(29)23-12)10-30-14-8-15(25)24(18(14)28)9-11-4-2-1-3-5-11/h1-5,12-14,17,22,27H,6-10H2,(H2,20,26)(H2,21,23,29)/t12-,13-,14?,17?/m0/s1. The normalized spacial score (nSPS) is 23.6. The maximum Gasteiger partial charge on any atom is 0.315 e. The number of primary amides is 1. The second kappa shape index (κ2) is 9.92. The molecule has 162 valence electrons. The fourth-order valence-corrected chi connectivity index (χ4v) is 4.55. The highest BCUT2D eigenvalue weighted by Crippen LogP contribution is 2.27. The lowest BCUT2D eigenvalue weighted by Gasteiger charge is -2.30. The fraction of sp³-hybridized carbons (Fsp3) is 0.474. The van der Waals surface area contributed by atoms with E-state index in [4.69, 9.17) is 5.73 Å². The molecule has 0 bridgehead atoms. The van der Waals surface area contributed by atoms with Gasteiger partial charge < -0.3 is 21.5 Å². The van der Waals surface area contributed by atoms with Gasteiger partial charge in [-0.2, -0.15) is 0 Å². The van der Waals surface area contributed by atoms with Crippen molar-refractivity contribution in [3.05, 3.63) is 35.9 Å². The molecule has 0 aromatic heterocycles. The van der Waals surface area contributed by atoms with Crippen molar-refractivity contribution in [1.29, 1.82) is 0 Å². The molecule has 6 N–H and O–H groups in total. The number of likely N-dealkylation sites (tertiary alicyclic amines) is 1. The minimum atomic E-state index is -1.18. The van der Waals surface area contributed by atoms with Crippen molar-refractivity contribution in [1.82, 2.24) is 20.9 Å². The second-order valence-electron chi connectivity index (χ2n) is 7.19. The lowest BCUT2D eigenvalue weighted by Crippen LogP contribution is -2.60. The van der Waals surface area contributed by atoms with E-state index in [9.17, 15) is 24.3 Å². The van der Waals surface area contributed by atoms with Crippen molar-refractivity contribution in [3.8, 4) is 0 Å². The number of hydrogen-bond acceptors (Lipinski definition) is 7. The Labute approximate surface area is 177 Å². The molecule has 2 unspecified atom stereocenters. The number of hydrogen-bond donors (Lipinski definition) is 5. The first-order valence-corrected chi connectivity index (χ1v) is 10.7. The summed E-state index contributed by atoms with van der Waals surface area (Å²) in [4.78, 5) is 49.4. The first kappa shape index (κ1) is 22.1. The fourth-order valence-electron chi connectivity index (χ4n) is 3.33. The van der Waals surface area contributed by atoms with Crippen molar-refractivity contribution < 1.29 is 24.3 Å². The molecule has 2 fully saturated rings. The molecule has 2 aliphatic heterocycles. The summed E-state index contributed by atoms with van der Waals surface area (Å²) in [5.74, 6) is -1.15. The molecule has 0 radical (unpaired) electrons. The number of urea groups is 1. The molecule has 5 amide bonds. The molecular formula is C19H25N5O5S. The number of rotatable bonds is 9. The summed E-state index contributed by atoms with van der Waals surface area (Å²) in [5.41, 5.74) is 6.29. The van der Waals surface area contributed by atoms with Crippen LogP contribution < -0.4 is 21.7 Å². The van der Waals surface area contributed by atoms with Gasteiger partial charge in [-0.15, -0.1) is 11.8 Å². The van der Waals surface area contributed by atoms with Crippen LogP contribution in [0.25, 0.3) is 0 Å². The Morgan fingerprint density at radius 3 is 2.70 bits per heavy atom. The van der Waals surface area contributed by atoms with E-state index >= 15 is 0 Å². The van der Waals surface area contributed by atoms with E-state index < -0.39 is 35.5 Å². The van der Waals surface area contributed by atoms with Crippen LogP contribution >= 0.6 is 11.8 Å². The zero-order valence-electron chi connectivity index (χ0n) is 16.2. The van der Waals surface area contributed by atoms with Gasteiger partial charge in [-0.3, -0.25) is 24.6 Å². The number of amides is 5. The second-order valence-corrected chi connectivity index (χ2v) is 8.43. The van der Waals surface area contributed by atoms with Gasteiger partial charge in [0, 0.05) is 18.7 Å². The molecule has 0 saturated carbocycles. The van der Waals surface area contributed by atoms with Crippen LogP contribution in [0.4, 0.5) is 4.79 Å². The highest BCUT2D eigenvalue weighted by atomic mass is 32.2. The summed E-state index contributed by atoms with van der Waals surface area (Å²) in [6, 6.07) is 7.33. The molecule has 11 heteroatoms. The van der Waals surface area contributed by atoms with Crippen LogP contribution in [0.3, 0.4) is 0 Å². The molecule has 0 spiro atoms. The van der Waals surface area contributed by atoms with Gasteiger partial charge in [0.05, 0.1) is 23.9 Å². The average Bonchev–Trinajstić information content (AvgIpc) is 2.99. The van der Waals surface area contributed by atoms with E-state index in [-0.39, 0.29) is 30.5 Å². The van der Waals surface area contributed by atoms with E-state index in [1.165, 1.54) is 4.90 Å². The van der Waals surface area contributed by atoms with Gasteiger partial charge in [-0.25, -0.2) is 4.79 Å². The minimum Gasteiger partial charge on any atom is -0.376 e. The van der Waals surface area contributed by atoms with Crippen molar-refractivity contribution in [2.75, 3.05) is 12.3 Å². The Balaban J connectivity index is 1.54. The summed E-state index contributed by atoms with van der Waals surface area (Å²) in [7, 11) is 0. The quantitative estimate of drug-likeness (QED) is 0.243. The summed E-state index contributed by atoms with van der Waals surface area (Å²) in [6.45, 7) is 0.613. The SMILES string of the molecule is NC(=O)[C@H](CSC1CC(=O)N(Cc2ccccc2)C1=O)NC(O)[C@@H]1CCNC(=O)N1. The van der Waals surface area contributed by atoms with Gasteiger partial charge in [-0.05, 0) is 12.0 Å². The van der Waals surface area contributed by atoms with Crippen molar-refractivity contribution in [2.24, 2.45) is 5.73 Å². The monoisotopic (exact) mass is 435 g/mol. The molecule has 1 aromatic carbocycles. The Morgan fingerprint density at radius 2 is 2.03 bits per heavy atom. The summed E-state index contributed by atoms with van der Waals surface area (Å²) in [5, 5.41) is 17.6. The van der Waals surface area contributed by atoms with Gasteiger partial charge in [0.15, 0.2) is 0 Å². The van der Waals surface area contributed by atoms with Gasteiger partial charge in [0.1, 0.15) is 6.23 Å². The molecular weight excluding hydrogens is 410 g/mol. The number of benzene rings is 1. The molecule has 30 heavy (non-hydrogen) atoms. The van der Waals surface area contributed by atoms with Crippen LogP contribution in [-0.4, -0.2) is 69.6 Å². The minimum absolute atomic E-state index is 0.0503. The van der Waals surface area contributed by atoms with Crippen LogP contribution in [0.1, 0.15) is 18.4 Å². The van der Waals surface area contributed by atoms with Gasteiger partial charge in [0.25, 0.3) is 0 Å². The molecule has 1 aromatic rings. The number of aliphatic hydroxyl groups is 1. The van der Waals surface area contributed by atoms with E-state index in [1.807, 2.05) is 30.3 Å². The number of nitrogens with zero attached hydrogens (tertiary/aromatic N) is 1. The maximum atomic E-state index is 12.7. The third kappa shape index (κ3) is 5.49. The number of aliphatic hydroxyl groups excluding tert-OH is 1. The maximum absolute atomic E-state index is 12.7. The number of carbonyl (C=O) groups excluding carboxylic acids is 4. The Kier molecular flexibility index (Phi) is 7.29. The van der Waals surface area contributed by atoms with Gasteiger partial charge in [-0.1, -0.05) is 30.3 Å². The molecule has 2 aliphatic rings. The summed E-state index contributed by atoms with van der Waals surface area (Å²) < 4.78 is 0. The zero-order valence-corrected chi connectivity index (χ0v) is 17.1.